The number of hydrogen-bond acceptors (Lipinski definition) is 1. The molecule has 1 aliphatic heterocycles. The lowest BCUT2D eigenvalue weighted by Gasteiger charge is -2.58. The van der Waals surface area contributed by atoms with Crippen molar-refractivity contribution in [2.45, 2.75) is 25.3 Å². The second-order valence-corrected chi connectivity index (χ2v) is 4.28. The van der Waals surface area contributed by atoms with Crippen LogP contribution in [0.25, 0.3) is 0 Å². The molecule has 0 spiro atoms. The molecule has 3 rings (SSSR count). The summed E-state index contributed by atoms with van der Waals surface area (Å²) in [6.07, 6.45) is 3.00. The monoisotopic (exact) mass is 123 g/mol. The maximum absolute atomic E-state index is 3.62. The summed E-state index contributed by atoms with van der Waals surface area (Å²) < 4.78 is 0. The Morgan fingerprint density at radius 3 is 2.89 bits per heavy atom. The van der Waals surface area contributed by atoms with Gasteiger partial charge in [-0.05, 0) is 44.1 Å². The van der Waals surface area contributed by atoms with E-state index >= 15 is 0 Å². The molecule has 3 fully saturated rings. The Balaban J connectivity index is 1.99. The Hall–Kier alpha value is -0.0400. The molecule has 0 bridgehead atoms. The zero-order valence-corrected chi connectivity index (χ0v) is 5.85. The predicted octanol–water partition coefficient (Wildman–Crippen LogP) is 1.00. The molecular formula is C8H13N. The largest absolute Gasteiger partial charge is 0.311 e. The average molecular weight is 123 g/mol. The third-order valence-electron chi connectivity index (χ3n) is 3.81. The zero-order valence-electron chi connectivity index (χ0n) is 5.85. The van der Waals surface area contributed by atoms with E-state index in [0.29, 0.717) is 5.54 Å². The van der Waals surface area contributed by atoms with E-state index in [9.17, 15) is 0 Å². The first kappa shape index (κ1) is 4.73. The summed E-state index contributed by atoms with van der Waals surface area (Å²) in [5.41, 5.74) is 0.605. The highest BCUT2D eigenvalue weighted by Crippen LogP contribution is 2.62. The minimum atomic E-state index is 0.605. The predicted molar refractivity (Wildman–Crippen MR) is 36.1 cm³/mol. The van der Waals surface area contributed by atoms with Gasteiger partial charge in [-0.15, -0.1) is 0 Å². The quantitative estimate of drug-likeness (QED) is 0.507. The van der Waals surface area contributed by atoms with Crippen molar-refractivity contribution in [1.29, 1.82) is 0 Å². The fourth-order valence-electron chi connectivity index (χ4n) is 3.41. The topological polar surface area (TPSA) is 12.0 Å². The van der Waals surface area contributed by atoms with E-state index in [1.54, 1.807) is 0 Å². The zero-order chi connectivity index (χ0) is 6.06. The van der Waals surface area contributed by atoms with E-state index in [-0.39, 0.29) is 0 Å². The lowest BCUT2D eigenvalue weighted by molar-refractivity contribution is -0.0572. The molecule has 0 radical (unpaired) electrons. The molecule has 1 heterocycles. The van der Waals surface area contributed by atoms with Crippen LogP contribution in [-0.4, -0.2) is 12.1 Å². The van der Waals surface area contributed by atoms with E-state index in [2.05, 4.69) is 12.2 Å². The summed E-state index contributed by atoms with van der Waals surface area (Å²) in [4.78, 5) is 0. The average Bonchev–Trinajstić information content (AvgIpc) is 2.00. The van der Waals surface area contributed by atoms with E-state index < -0.39 is 0 Å². The highest BCUT2D eigenvalue weighted by Gasteiger charge is 2.64. The van der Waals surface area contributed by atoms with Gasteiger partial charge in [-0.25, -0.2) is 0 Å². The molecule has 50 valence electrons. The minimum absolute atomic E-state index is 0.605. The van der Waals surface area contributed by atoms with E-state index in [0.717, 1.165) is 17.8 Å². The SMILES string of the molecule is CC12CC3CC(CN1)C32. The smallest absolute Gasteiger partial charge is 0.0190 e. The maximum Gasteiger partial charge on any atom is 0.0190 e. The first-order valence-electron chi connectivity index (χ1n) is 4.05. The third kappa shape index (κ3) is 0.337. The van der Waals surface area contributed by atoms with Gasteiger partial charge in [0, 0.05) is 5.54 Å². The van der Waals surface area contributed by atoms with Crippen LogP contribution in [0.2, 0.25) is 0 Å². The van der Waals surface area contributed by atoms with E-state index in [1.165, 1.54) is 19.4 Å². The summed E-state index contributed by atoms with van der Waals surface area (Å²) in [7, 11) is 0. The van der Waals surface area contributed by atoms with Gasteiger partial charge in [0.1, 0.15) is 0 Å². The standard InChI is InChI=1S/C8H13N/c1-8-3-5-2-6(4-9-8)7(5)8/h5-7,9H,2-4H2,1H3. The molecule has 2 saturated carbocycles. The van der Waals surface area contributed by atoms with Crippen LogP contribution in [0.3, 0.4) is 0 Å². The summed E-state index contributed by atoms with van der Waals surface area (Å²) in [6, 6.07) is 0. The van der Waals surface area contributed by atoms with Gasteiger partial charge < -0.3 is 5.32 Å². The third-order valence-corrected chi connectivity index (χ3v) is 3.81. The van der Waals surface area contributed by atoms with Gasteiger partial charge in [-0.3, -0.25) is 0 Å². The van der Waals surface area contributed by atoms with E-state index in [4.69, 9.17) is 0 Å². The molecule has 0 aromatic rings. The summed E-state index contributed by atoms with van der Waals surface area (Å²) in [6.45, 7) is 3.71. The minimum Gasteiger partial charge on any atom is -0.311 e. The normalized spacial score (nSPS) is 68.3. The highest BCUT2D eigenvalue weighted by molar-refractivity contribution is 5.18. The van der Waals surface area contributed by atoms with Crippen molar-refractivity contribution in [2.75, 3.05) is 6.54 Å². The number of nitrogens with one attached hydrogen (secondary N) is 1. The van der Waals surface area contributed by atoms with Crippen LogP contribution in [0.15, 0.2) is 0 Å². The second-order valence-electron chi connectivity index (χ2n) is 4.28. The van der Waals surface area contributed by atoms with Gasteiger partial charge in [0.2, 0.25) is 0 Å². The van der Waals surface area contributed by atoms with Crippen molar-refractivity contribution >= 4 is 0 Å². The molecule has 0 aromatic heterocycles. The van der Waals surface area contributed by atoms with Gasteiger partial charge in [0.05, 0.1) is 0 Å². The van der Waals surface area contributed by atoms with Crippen molar-refractivity contribution in [3.63, 3.8) is 0 Å². The molecule has 1 saturated heterocycles. The van der Waals surface area contributed by atoms with E-state index in [1.807, 2.05) is 0 Å². The lowest BCUT2D eigenvalue weighted by Crippen LogP contribution is -2.60. The molecule has 0 aromatic carbocycles. The summed E-state index contributed by atoms with van der Waals surface area (Å²) in [5, 5.41) is 3.62. The molecule has 1 nitrogen and oxygen atoms in total. The Bertz CT molecular complexity index is 162. The molecule has 4 unspecified atom stereocenters. The van der Waals surface area contributed by atoms with Crippen molar-refractivity contribution in [1.82, 2.24) is 5.32 Å². The Morgan fingerprint density at radius 2 is 2.33 bits per heavy atom. The lowest BCUT2D eigenvalue weighted by atomic mass is 9.47. The molecule has 1 heteroatoms. The molecular weight excluding hydrogens is 110 g/mol. The van der Waals surface area contributed by atoms with Gasteiger partial charge in [-0.1, -0.05) is 0 Å². The summed E-state index contributed by atoms with van der Waals surface area (Å²) in [5.74, 6) is 3.31. The van der Waals surface area contributed by atoms with Crippen molar-refractivity contribution in [3.05, 3.63) is 0 Å². The van der Waals surface area contributed by atoms with Crippen LogP contribution in [0, 0.1) is 17.8 Å². The first-order chi connectivity index (χ1) is 4.30. The highest BCUT2D eigenvalue weighted by atomic mass is 15.1. The molecule has 0 amide bonds. The van der Waals surface area contributed by atoms with Crippen molar-refractivity contribution < 1.29 is 0 Å². The molecule has 9 heavy (non-hydrogen) atoms. The Morgan fingerprint density at radius 1 is 1.44 bits per heavy atom. The van der Waals surface area contributed by atoms with Crippen LogP contribution in [0.1, 0.15) is 19.8 Å². The van der Waals surface area contributed by atoms with Gasteiger partial charge in [-0.2, -0.15) is 0 Å². The molecule has 1 N–H and O–H groups in total. The summed E-state index contributed by atoms with van der Waals surface area (Å²) >= 11 is 0. The van der Waals surface area contributed by atoms with Crippen LogP contribution >= 0.6 is 0 Å². The van der Waals surface area contributed by atoms with Crippen LogP contribution < -0.4 is 5.32 Å². The fraction of sp³-hybridized carbons (Fsp3) is 1.00. The fourth-order valence-corrected chi connectivity index (χ4v) is 3.41. The van der Waals surface area contributed by atoms with Gasteiger partial charge in [0.25, 0.3) is 0 Å². The van der Waals surface area contributed by atoms with Gasteiger partial charge >= 0.3 is 0 Å². The molecule has 4 atom stereocenters. The van der Waals surface area contributed by atoms with Crippen LogP contribution in [0.5, 0.6) is 0 Å². The van der Waals surface area contributed by atoms with Crippen LogP contribution in [0.4, 0.5) is 0 Å². The van der Waals surface area contributed by atoms with Crippen molar-refractivity contribution in [3.8, 4) is 0 Å². The van der Waals surface area contributed by atoms with Crippen molar-refractivity contribution in [2.24, 2.45) is 17.8 Å². The Kier molecular flexibility index (Phi) is 0.563. The maximum atomic E-state index is 3.62. The van der Waals surface area contributed by atoms with Gasteiger partial charge in [0.15, 0.2) is 0 Å². The second kappa shape index (κ2) is 1.07. The number of hydrogen-bond donors (Lipinski definition) is 1. The molecule has 3 aliphatic rings. The molecule has 2 aliphatic carbocycles. The Labute approximate surface area is 55.8 Å². The van der Waals surface area contributed by atoms with Crippen LogP contribution in [-0.2, 0) is 0 Å². The number of rotatable bonds is 0. The first-order valence-corrected chi connectivity index (χ1v) is 4.05.